The Hall–Kier alpha value is -4.13. The van der Waals surface area contributed by atoms with Crippen molar-refractivity contribution in [3.05, 3.63) is 77.9 Å². The number of methoxy groups -OCH3 is 2. The van der Waals surface area contributed by atoms with Gasteiger partial charge in [-0.1, -0.05) is 35.0 Å². The third-order valence-electron chi connectivity index (χ3n) is 4.74. The zero-order valence-corrected chi connectivity index (χ0v) is 17.4. The molecule has 4 rings (SSSR count). The highest BCUT2D eigenvalue weighted by Gasteiger charge is 2.13. The van der Waals surface area contributed by atoms with Crippen molar-refractivity contribution in [2.24, 2.45) is 0 Å². The molecule has 7 nitrogen and oxygen atoms in total. The summed E-state index contributed by atoms with van der Waals surface area (Å²) in [5.41, 5.74) is 3.87. The second kappa shape index (κ2) is 8.71. The number of hydrogen-bond donors (Lipinski definition) is 1. The lowest BCUT2D eigenvalue weighted by Crippen LogP contribution is -2.12. The molecule has 0 atom stereocenters. The Morgan fingerprint density at radius 1 is 0.871 bits per heavy atom. The van der Waals surface area contributed by atoms with Gasteiger partial charge in [-0.3, -0.25) is 4.79 Å². The smallest absolute Gasteiger partial charge is 0.258 e. The van der Waals surface area contributed by atoms with E-state index in [-0.39, 0.29) is 5.91 Å². The largest absolute Gasteiger partial charge is 0.497 e. The van der Waals surface area contributed by atoms with Gasteiger partial charge >= 0.3 is 0 Å². The molecule has 0 radical (unpaired) electrons. The summed E-state index contributed by atoms with van der Waals surface area (Å²) in [4.78, 5) is 17.1. The van der Waals surface area contributed by atoms with Gasteiger partial charge < -0.3 is 19.3 Å². The minimum atomic E-state index is -0.274. The Balaban J connectivity index is 1.49. The summed E-state index contributed by atoms with van der Waals surface area (Å²) in [5.74, 6) is 1.75. The number of aryl methyl sites for hydroxylation is 1. The van der Waals surface area contributed by atoms with Gasteiger partial charge in [0.1, 0.15) is 11.5 Å². The van der Waals surface area contributed by atoms with E-state index in [0.717, 1.165) is 16.7 Å². The second-order valence-corrected chi connectivity index (χ2v) is 6.92. The van der Waals surface area contributed by atoms with Crippen LogP contribution in [0.3, 0.4) is 0 Å². The maximum Gasteiger partial charge on any atom is 0.258 e. The summed E-state index contributed by atoms with van der Waals surface area (Å²) in [6, 6.07) is 20.1. The number of amides is 1. The van der Waals surface area contributed by atoms with Gasteiger partial charge in [-0.05, 0) is 43.3 Å². The van der Waals surface area contributed by atoms with Gasteiger partial charge in [0.25, 0.3) is 11.8 Å². The van der Waals surface area contributed by atoms with Gasteiger partial charge in [0.15, 0.2) is 0 Å². The molecule has 1 amide bonds. The number of nitrogens with one attached hydrogen (secondary N) is 1. The molecule has 0 bridgehead atoms. The van der Waals surface area contributed by atoms with E-state index in [2.05, 4.69) is 15.5 Å². The highest BCUT2D eigenvalue weighted by Crippen LogP contribution is 2.25. The molecule has 0 aliphatic rings. The van der Waals surface area contributed by atoms with Crippen LogP contribution in [0.15, 0.2) is 71.3 Å². The summed E-state index contributed by atoms with van der Waals surface area (Å²) in [7, 11) is 3.08. The molecule has 1 aromatic heterocycles. The first-order valence-corrected chi connectivity index (χ1v) is 9.61. The lowest BCUT2D eigenvalue weighted by molar-refractivity contribution is 0.102. The van der Waals surface area contributed by atoms with Gasteiger partial charge in [-0.2, -0.15) is 4.98 Å². The van der Waals surface area contributed by atoms with Crippen molar-refractivity contribution in [2.45, 2.75) is 6.92 Å². The fourth-order valence-electron chi connectivity index (χ4n) is 3.00. The molecule has 0 fully saturated rings. The summed E-state index contributed by atoms with van der Waals surface area (Å²) in [6.45, 7) is 2.02. The summed E-state index contributed by atoms with van der Waals surface area (Å²) in [6.07, 6.45) is 0. The van der Waals surface area contributed by atoms with Crippen molar-refractivity contribution in [2.75, 3.05) is 19.5 Å². The summed E-state index contributed by atoms with van der Waals surface area (Å²) >= 11 is 0. The number of hydrogen-bond acceptors (Lipinski definition) is 6. The summed E-state index contributed by atoms with van der Waals surface area (Å²) in [5, 5.41) is 6.92. The van der Waals surface area contributed by atoms with Crippen LogP contribution >= 0.6 is 0 Å². The third-order valence-corrected chi connectivity index (χ3v) is 4.74. The predicted octanol–water partition coefficient (Wildman–Crippen LogP) is 4.98. The number of carbonyl (C=O) groups excluding carboxylic acids is 1. The Kier molecular flexibility index (Phi) is 5.66. The quantitative estimate of drug-likeness (QED) is 0.478. The maximum absolute atomic E-state index is 12.6. The van der Waals surface area contributed by atoms with E-state index in [4.69, 9.17) is 14.0 Å². The molecule has 3 aromatic carbocycles. The van der Waals surface area contributed by atoms with Crippen molar-refractivity contribution in [3.8, 4) is 34.3 Å². The molecule has 4 aromatic rings. The molecule has 0 saturated heterocycles. The molecule has 0 saturated carbocycles. The van der Waals surface area contributed by atoms with E-state index in [0.29, 0.717) is 34.5 Å². The van der Waals surface area contributed by atoms with Gasteiger partial charge in [0, 0.05) is 28.4 Å². The third kappa shape index (κ3) is 4.56. The molecule has 1 heterocycles. The van der Waals surface area contributed by atoms with E-state index in [9.17, 15) is 4.79 Å². The number of ether oxygens (including phenoxy) is 2. The van der Waals surface area contributed by atoms with Crippen molar-refractivity contribution in [3.63, 3.8) is 0 Å². The first kappa shape index (κ1) is 20.2. The van der Waals surface area contributed by atoms with Gasteiger partial charge in [-0.15, -0.1) is 0 Å². The van der Waals surface area contributed by atoms with Crippen LogP contribution in [0.2, 0.25) is 0 Å². The number of aromatic nitrogens is 2. The SMILES string of the molecule is COc1cc(OC)cc(C(=O)Nc2ccc(-c3nc(-c4ccc(C)cc4)no3)cc2)c1. The fourth-order valence-corrected chi connectivity index (χ4v) is 3.00. The number of benzene rings is 3. The van der Waals surface area contributed by atoms with Crippen LogP contribution < -0.4 is 14.8 Å². The maximum atomic E-state index is 12.6. The number of carbonyl (C=O) groups is 1. The first-order valence-electron chi connectivity index (χ1n) is 9.61. The van der Waals surface area contributed by atoms with E-state index >= 15 is 0 Å². The minimum absolute atomic E-state index is 0.274. The van der Waals surface area contributed by atoms with E-state index in [1.54, 1.807) is 30.3 Å². The van der Waals surface area contributed by atoms with E-state index in [1.807, 2.05) is 43.3 Å². The molecule has 156 valence electrons. The highest BCUT2D eigenvalue weighted by atomic mass is 16.5. The van der Waals surface area contributed by atoms with Gasteiger partial charge in [-0.25, -0.2) is 0 Å². The number of rotatable bonds is 6. The molecule has 7 heteroatoms. The van der Waals surface area contributed by atoms with Crippen molar-refractivity contribution >= 4 is 11.6 Å². The van der Waals surface area contributed by atoms with Gasteiger partial charge in [0.2, 0.25) is 5.82 Å². The van der Waals surface area contributed by atoms with E-state index < -0.39 is 0 Å². The predicted molar refractivity (Wildman–Crippen MR) is 117 cm³/mol. The molecule has 31 heavy (non-hydrogen) atoms. The van der Waals surface area contributed by atoms with Crippen molar-refractivity contribution < 1.29 is 18.8 Å². The second-order valence-electron chi connectivity index (χ2n) is 6.92. The fraction of sp³-hybridized carbons (Fsp3) is 0.125. The normalized spacial score (nSPS) is 10.5. The van der Waals surface area contributed by atoms with Crippen LogP contribution in [0.25, 0.3) is 22.8 Å². The molecule has 1 N–H and O–H groups in total. The lowest BCUT2D eigenvalue weighted by atomic mass is 10.1. The van der Waals surface area contributed by atoms with E-state index in [1.165, 1.54) is 14.2 Å². The number of nitrogens with zero attached hydrogens (tertiary/aromatic N) is 2. The molecule has 0 aliphatic heterocycles. The lowest BCUT2D eigenvalue weighted by Gasteiger charge is -2.09. The monoisotopic (exact) mass is 415 g/mol. The average Bonchev–Trinajstić information content (AvgIpc) is 3.30. The standard InChI is InChI=1S/C24H21N3O4/c1-15-4-6-16(7-5-15)22-26-24(31-27-22)17-8-10-19(11-9-17)25-23(28)18-12-20(29-2)14-21(13-18)30-3/h4-14H,1-3H3,(H,25,28). The van der Waals surface area contributed by atoms with Crippen LogP contribution in [-0.2, 0) is 0 Å². The first-order chi connectivity index (χ1) is 15.1. The summed E-state index contributed by atoms with van der Waals surface area (Å²) < 4.78 is 15.8. The Labute approximate surface area is 179 Å². The van der Waals surface area contributed by atoms with Crippen molar-refractivity contribution in [1.82, 2.24) is 10.1 Å². The topological polar surface area (TPSA) is 86.5 Å². The molecule has 0 unspecified atom stereocenters. The Morgan fingerprint density at radius 2 is 1.48 bits per heavy atom. The molecular formula is C24H21N3O4. The van der Waals surface area contributed by atoms with Crippen LogP contribution in [0, 0.1) is 6.92 Å². The zero-order chi connectivity index (χ0) is 21.8. The Bertz CT molecular complexity index is 1180. The van der Waals surface area contributed by atoms with Crippen molar-refractivity contribution in [1.29, 1.82) is 0 Å². The zero-order valence-electron chi connectivity index (χ0n) is 17.4. The van der Waals surface area contributed by atoms with Crippen LogP contribution in [0.5, 0.6) is 11.5 Å². The average molecular weight is 415 g/mol. The minimum Gasteiger partial charge on any atom is -0.497 e. The molecule has 0 spiro atoms. The molecule has 0 aliphatic carbocycles. The van der Waals surface area contributed by atoms with Gasteiger partial charge in [0.05, 0.1) is 14.2 Å². The van der Waals surface area contributed by atoms with Crippen LogP contribution in [0.4, 0.5) is 5.69 Å². The number of anilines is 1. The highest BCUT2D eigenvalue weighted by molar-refractivity contribution is 6.04. The van der Waals surface area contributed by atoms with Crippen LogP contribution in [0.1, 0.15) is 15.9 Å². The Morgan fingerprint density at radius 3 is 2.10 bits per heavy atom. The molecular weight excluding hydrogens is 394 g/mol. The van der Waals surface area contributed by atoms with Crippen LogP contribution in [-0.4, -0.2) is 30.3 Å².